The highest BCUT2D eigenvalue weighted by atomic mass is 19.1. The summed E-state index contributed by atoms with van der Waals surface area (Å²) in [6.45, 7) is 4.47. The molecule has 2 amide bonds. The number of urea groups is 1. The predicted octanol–water partition coefficient (Wildman–Crippen LogP) is 4.22. The molecular weight excluding hydrogens is 317 g/mol. The van der Waals surface area contributed by atoms with Gasteiger partial charge in [0.15, 0.2) is 0 Å². The Morgan fingerprint density at radius 2 is 1.88 bits per heavy atom. The lowest BCUT2D eigenvalue weighted by molar-refractivity contribution is 0.238. The molecule has 4 nitrogen and oxygen atoms in total. The van der Waals surface area contributed by atoms with Gasteiger partial charge in [-0.05, 0) is 49.6 Å². The first-order valence-corrected chi connectivity index (χ1v) is 8.40. The maximum Gasteiger partial charge on any atom is 0.315 e. The van der Waals surface area contributed by atoms with Crippen LogP contribution < -0.4 is 10.6 Å². The average Bonchev–Trinajstić information content (AvgIpc) is 2.91. The number of rotatable bonds is 5. The van der Waals surface area contributed by atoms with Crippen LogP contribution in [0.3, 0.4) is 0 Å². The predicted molar refractivity (Wildman–Crippen MR) is 98.1 cm³/mol. The molecule has 0 radical (unpaired) electrons. The number of para-hydroxylation sites is 1. The van der Waals surface area contributed by atoms with Crippen molar-refractivity contribution in [2.45, 2.75) is 26.3 Å². The number of nitrogens with one attached hydrogen (secondary N) is 3. The molecule has 3 aromatic rings. The smallest absolute Gasteiger partial charge is 0.315 e. The maximum absolute atomic E-state index is 13.0. The molecule has 2 aromatic carbocycles. The summed E-state index contributed by atoms with van der Waals surface area (Å²) in [5.41, 5.74) is 4.33. The SMILES string of the molecule is Cc1[nH]c2ccccc2c1CCNC(=O)NC(C)c1ccc(F)cc1. The van der Waals surface area contributed by atoms with Crippen molar-refractivity contribution in [3.8, 4) is 0 Å². The second-order valence-electron chi connectivity index (χ2n) is 6.20. The minimum atomic E-state index is -0.283. The number of halogens is 1. The normalized spacial score (nSPS) is 12.1. The Morgan fingerprint density at radius 3 is 2.64 bits per heavy atom. The van der Waals surface area contributed by atoms with Gasteiger partial charge in [0.1, 0.15) is 5.82 Å². The van der Waals surface area contributed by atoms with Gasteiger partial charge in [-0.15, -0.1) is 0 Å². The van der Waals surface area contributed by atoms with E-state index in [4.69, 9.17) is 0 Å². The fourth-order valence-corrected chi connectivity index (χ4v) is 3.04. The number of amides is 2. The van der Waals surface area contributed by atoms with Gasteiger partial charge in [-0.1, -0.05) is 30.3 Å². The van der Waals surface area contributed by atoms with Crippen LogP contribution in [0.4, 0.5) is 9.18 Å². The first-order valence-electron chi connectivity index (χ1n) is 8.40. The lowest BCUT2D eigenvalue weighted by Gasteiger charge is -2.15. The van der Waals surface area contributed by atoms with E-state index < -0.39 is 0 Å². The van der Waals surface area contributed by atoms with Gasteiger partial charge in [-0.25, -0.2) is 9.18 Å². The number of aryl methyl sites for hydroxylation is 1. The van der Waals surface area contributed by atoms with E-state index in [0.29, 0.717) is 6.54 Å². The van der Waals surface area contributed by atoms with Crippen LogP contribution >= 0.6 is 0 Å². The van der Waals surface area contributed by atoms with Gasteiger partial charge in [-0.2, -0.15) is 0 Å². The Kier molecular flexibility index (Phi) is 5.03. The Morgan fingerprint density at radius 1 is 1.16 bits per heavy atom. The van der Waals surface area contributed by atoms with Gasteiger partial charge in [-0.3, -0.25) is 0 Å². The van der Waals surface area contributed by atoms with Crippen molar-refractivity contribution in [2.24, 2.45) is 0 Å². The van der Waals surface area contributed by atoms with Crippen LogP contribution in [0, 0.1) is 12.7 Å². The van der Waals surface area contributed by atoms with E-state index in [0.717, 1.165) is 23.2 Å². The molecule has 0 saturated carbocycles. The number of fused-ring (bicyclic) bond motifs is 1. The highest BCUT2D eigenvalue weighted by Gasteiger charge is 2.11. The summed E-state index contributed by atoms with van der Waals surface area (Å²) in [5.74, 6) is -0.283. The third-order valence-electron chi connectivity index (χ3n) is 4.41. The summed E-state index contributed by atoms with van der Waals surface area (Å²) < 4.78 is 13.0. The number of benzene rings is 2. The van der Waals surface area contributed by atoms with Crippen LogP contribution in [0.25, 0.3) is 10.9 Å². The number of aromatic amines is 1. The number of aromatic nitrogens is 1. The third-order valence-corrected chi connectivity index (χ3v) is 4.41. The maximum atomic E-state index is 13.0. The van der Waals surface area contributed by atoms with Gasteiger partial charge in [0.05, 0.1) is 6.04 Å². The quantitative estimate of drug-likeness (QED) is 0.640. The fourth-order valence-electron chi connectivity index (χ4n) is 3.04. The molecule has 0 bridgehead atoms. The molecule has 0 aliphatic heterocycles. The second kappa shape index (κ2) is 7.38. The summed E-state index contributed by atoms with van der Waals surface area (Å²) in [6, 6.07) is 13.9. The molecule has 0 aliphatic rings. The molecule has 0 saturated heterocycles. The number of hydrogen-bond acceptors (Lipinski definition) is 1. The highest BCUT2D eigenvalue weighted by Crippen LogP contribution is 2.21. The van der Waals surface area contributed by atoms with E-state index in [1.165, 1.54) is 23.1 Å². The minimum absolute atomic E-state index is 0.185. The Bertz CT molecular complexity index is 870. The minimum Gasteiger partial charge on any atom is -0.358 e. The molecule has 0 aliphatic carbocycles. The lowest BCUT2D eigenvalue weighted by atomic mass is 10.1. The molecule has 25 heavy (non-hydrogen) atoms. The highest BCUT2D eigenvalue weighted by molar-refractivity contribution is 5.84. The summed E-state index contributed by atoms with van der Waals surface area (Å²) in [5, 5.41) is 6.95. The zero-order valence-corrected chi connectivity index (χ0v) is 14.4. The number of H-pyrrole nitrogens is 1. The molecule has 3 N–H and O–H groups in total. The van der Waals surface area contributed by atoms with Gasteiger partial charge in [0, 0.05) is 23.1 Å². The molecule has 1 atom stereocenters. The number of carbonyl (C=O) groups excluding carboxylic acids is 1. The standard InChI is InChI=1S/C20H22FN3O/c1-13(15-7-9-16(21)10-8-15)24-20(25)22-12-11-17-14(2)23-19-6-4-3-5-18(17)19/h3-10,13,23H,11-12H2,1-2H3,(H2,22,24,25). The van der Waals surface area contributed by atoms with Gasteiger partial charge in [0.2, 0.25) is 0 Å². The molecule has 5 heteroatoms. The van der Waals surface area contributed by atoms with Crippen molar-refractivity contribution >= 4 is 16.9 Å². The van der Waals surface area contributed by atoms with Crippen molar-refractivity contribution in [1.82, 2.24) is 15.6 Å². The summed E-state index contributed by atoms with van der Waals surface area (Å²) in [6.07, 6.45) is 0.758. The van der Waals surface area contributed by atoms with Crippen molar-refractivity contribution in [1.29, 1.82) is 0 Å². The number of hydrogen-bond donors (Lipinski definition) is 3. The van der Waals surface area contributed by atoms with Crippen molar-refractivity contribution in [3.05, 3.63) is 71.2 Å². The molecule has 1 unspecified atom stereocenters. The molecule has 3 rings (SSSR count). The summed E-state index contributed by atoms with van der Waals surface area (Å²) >= 11 is 0. The summed E-state index contributed by atoms with van der Waals surface area (Å²) in [7, 11) is 0. The van der Waals surface area contributed by atoms with Crippen LogP contribution in [-0.2, 0) is 6.42 Å². The van der Waals surface area contributed by atoms with E-state index in [9.17, 15) is 9.18 Å². The van der Waals surface area contributed by atoms with E-state index in [2.05, 4.69) is 27.8 Å². The van der Waals surface area contributed by atoms with E-state index >= 15 is 0 Å². The Hall–Kier alpha value is -2.82. The topological polar surface area (TPSA) is 56.9 Å². The van der Waals surface area contributed by atoms with Crippen LogP contribution in [0.1, 0.15) is 29.8 Å². The van der Waals surface area contributed by atoms with Crippen LogP contribution in [0.2, 0.25) is 0 Å². The zero-order chi connectivity index (χ0) is 17.8. The fraction of sp³-hybridized carbons (Fsp3) is 0.250. The van der Waals surface area contributed by atoms with Crippen molar-refractivity contribution in [3.63, 3.8) is 0 Å². The van der Waals surface area contributed by atoms with Crippen LogP contribution in [0.5, 0.6) is 0 Å². The van der Waals surface area contributed by atoms with Gasteiger partial charge in [0.25, 0.3) is 0 Å². The summed E-state index contributed by atoms with van der Waals surface area (Å²) in [4.78, 5) is 15.4. The van der Waals surface area contributed by atoms with E-state index in [-0.39, 0.29) is 17.9 Å². The van der Waals surface area contributed by atoms with Gasteiger partial charge < -0.3 is 15.6 Å². The molecule has 0 fully saturated rings. The molecule has 130 valence electrons. The first-order chi connectivity index (χ1) is 12.0. The molecule has 1 heterocycles. The van der Waals surface area contributed by atoms with Gasteiger partial charge >= 0.3 is 6.03 Å². The Balaban J connectivity index is 1.54. The molecule has 1 aromatic heterocycles. The van der Waals surface area contributed by atoms with Crippen LogP contribution in [-0.4, -0.2) is 17.6 Å². The third kappa shape index (κ3) is 3.99. The monoisotopic (exact) mass is 339 g/mol. The zero-order valence-electron chi connectivity index (χ0n) is 14.4. The Labute approximate surface area is 146 Å². The largest absolute Gasteiger partial charge is 0.358 e. The van der Waals surface area contributed by atoms with E-state index in [1.807, 2.05) is 26.0 Å². The average molecular weight is 339 g/mol. The lowest BCUT2D eigenvalue weighted by Crippen LogP contribution is -2.38. The second-order valence-corrected chi connectivity index (χ2v) is 6.20. The first kappa shape index (κ1) is 17.0. The molecule has 0 spiro atoms. The van der Waals surface area contributed by atoms with Crippen molar-refractivity contribution < 1.29 is 9.18 Å². The number of carbonyl (C=O) groups is 1. The van der Waals surface area contributed by atoms with E-state index in [1.54, 1.807) is 12.1 Å². The van der Waals surface area contributed by atoms with Crippen molar-refractivity contribution in [2.75, 3.05) is 6.54 Å². The molecular formula is C20H22FN3O. The van der Waals surface area contributed by atoms with Crippen LogP contribution in [0.15, 0.2) is 48.5 Å².